The van der Waals surface area contributed by atoms with E-state index < -0.39 is 0 Å². The lowest BCUT2D eigenvalue weighted by Gasteiger charge is -2.17. The fraction of sp³-hybridized carbons (Fsp3) is 0.150. The summed E-state index contributed by atoms with van der Waals surface area (Å²) >= 11 is 6.56. The zero-order valence-electron chi connectivity index (χ0n) is 12.9. The molecule has 1 N–H and O–H groups in total. The third-order valence-corrected chi connectivity index (χ3v) is 4.25. The summed E-state index contributed by atoms with van der Waals surface area (Å²) in [5.74, 6) is 0. The van der Waals surface area contributed by atoms with E-state index in [0.717, 1.165) is 46.8 Å². The van der Waals surface area contributed by atoms with Crippen LogP contribution in [0, 0.1) is 0 Å². The van der Waals surface area contributed by atoms with Gasteiger partial charge in [-0.3, -0.25) is 4.99 Å². The van der Waals surface area contributed by atoms with Crippen molar-refractivity contribution in [1.82, 2.24) is 0 Å². The molecule has 0 radical (unpaired) electrons. The molecule has 1 aliphatic rings. The average Bonchev–Trinajstić information content (AvgIpc) is 2.61. The third kappa shape index (κ3) is 4.33. The number of nitrogens with zero attached hydrogens (tertiary/aromatic N) is 1. The van der Waals surface area contributed by atoms with Crippen molar-refractivity contribution in [2.75, 3.05) is 5.32 Å². The van der Waals surface area contributed by atoms with Crippen LogP contribution in [0.4, 0.5) is 11.4 Å². The fourth-order valence-electron chi connectivity index (χ4n) is 2.52. The number of anilines is 1. The molecule has 23 heavy (non-hydrogen) atoms. The number of hydrogen-bond donors (Lipinski definition) is 1. The predicted octanol–water partition coefficient (Wildman–Crippen LogP) is 6.06. The number of halogens is 1. The Morgan fingerprint density at radius 1 is 0.913 bits per heavy atom. The first-order valence-electron chi connectivity index (χ1n) is 7.82. The highest BCUT2D eigenvalue weighted by Gasteiger charge is 2.14. The molecule has 2 nitrogen and oxygen atoms in total. The summed E-state index contributed by atoms with van der Waals surface area (Å²) in [4.78, 5) is 4.52. The summed E-state index contributed by atoms with van der Waals surface area (Å²) in [6.45, 7) is 0. The quantitative estimate of drug-likeness (QED) is 0.679. The van der Waals surface area contributed by atoms with Crippen molar-refractivity contribution in [3.05, 3.63) is 83.0 Å². The number of para-hydroxylation sites is 2. The van der Waals surface area contributed by atoms with E-state index >= 15 is 0 Å². The lowest BCUT2D eigenvalue weighted by atomic mass is 9.96. The first-order chi connectivity index (χ1) is 11.3. The maximum atomic E-state index is 6.56. The summed E-state index contributed by atoms with van der Waals surface area (Å²) < 4.78 is 0. The van der Waals surface area contributed by atoms with Crippen LogP contribution in [0.15, 0.2) is 88.0 Å². The largest absolute Gasteiger partial charge is 0.361 e. The third-order valence-electron chi connectivity index (χ3n) is 3.77. The van der Waals surface area contributed by atoms with Crippen molar-refractivity contribution in [2.45, 2.75) is 19.3 Å². The van der Waals surface area contributed by atoms with E-state index in [1.807, 2.05) is 73.1 Å². The van der Waals surface area contributed by atoms with Gasteiger partial charge in [-0.1, -0.05) is 48.0 Å². The molecule has 2 aromatic rings. The van der Waals surface area contributed by atoms with Crippen LogP contribution in [0.3, 0.4) is 0 Å². The van der Waals surface area contributed by atoms with Crippen LogP contribution in [-0.4, -0.2) is 6.21 Å². The normalized spacial score (nSPS) is 17.0. The van der Waals surface area contributed by atoms with Gasteiger partial charge in [0.15, 0.2) is 0 Å². The Morgan fingerprint density at radius 2 is 1.61 bits per heavy atom. The molecule has 0 saturated carbocycles. The van der Waals surface area contributed by atoms with Crippen LogP contribution in [0.25, 0.3) is 0 Å². The second-order valence-corrected chi connectivity index (χ2v) is 5.84. The maximum absolute atomic E-state index is 6.56. The summed E-state index contributed by atoms with van der Waals surface area (Å²) in [5, 5.41) is 4.13. The molecule has 0 heterocycles. The zero-order valence-corrected chi connectivity index (χ0v) is 13.6. The fourth-order valence-corrected chi connectivity index (χ4v) is 2.82. The molecule has 0 fully saturated rings. The molecule has 2 aromatic carbocycles. The summed E-state index contributed by atoms with van der Waals surface area (Å²) in [6, 6.07) is 20.0. The van der Waals surface area contributed by atoms with Crippen LogP contribution < -0.4 is 5.32 Å². The molecule has 0 unspecified atom stereocenters. The highest BCUT2D eigenvalue weighted by Crippen LogP contribution is 2.32. The van der Waals surface area contributed by atoms with Gasteiger partial charge in [0.1, 0.15) is 0 Å². The van der Waals surface area contributed by atoms with Gasteiger partial charge in [-0.15, -0.1) is 0 Å². The van der Waals surface area contributed by atoms with Crippen molar-refractivity contribution in [2.24, 2.45) is 4.99 Å². The first kappa shape index (κ1) is 15.6. The molecule has 0 aromatic heterocycles. The minimum absolute atomic E-state index is 0.819. The second kappa shape index (κ2) is 7.80. The molecule has 0 amide bonds. The molecule has 116 valence electrons. The Kier molecular flexibility index (Phi) is 5.28. The number of nitrogens with one attached hydrogen (secondary N) is 1. The molecule has 1 aliphatic carbocycles. The minimum Gasteiger partial charge on any atom is -0.361 e. The Morgan fingerprint density at radius 3 is 2.35 bits per heavy atom. The Bertz CT molecular complexity index is 731. The van der Waals surface area contributed by atoms with Crippen molar-refractivity contribution in [3.8, 4) is 0 Å². The molecule has 0 bridgehead atoms. The minimum atomic E-state index is 0.819. The molecular formula is C20H19ClN2. The summed E-state index contributed by atoms with van der Waals surface area (Å²) in [7, 11) is 0. The molecule has 3 rings (SSSR count). The van der Waals surface area contributed by atoms with E-state index in [0.29, 0.717) is 0 Å². The van der Waals surface area contributed by atoms with Gasteiger partial charge in [0.05, 0.1) is 5.69 Å². The van der Waals surface area contributed by atoms with E-state index in [9.17, 15) is 0 Å². The van der Waals surface area contributed by atoms with Crippen molar-refractivity contribution >= 4 is 29.2 Å². The molecule has 0 spiro atoms. The number of benzene rings is 2. The van der Waals surface area contributed by atoms with Crippen LogP contribution in [-0.2, 0) is 0 Å². The van der Waals surface area contributed by atoms with Crippen LogP contribution in [0.1, 0.15) is 19.3 Å². The van der Waals surface area contributed by atoms with Gasteiger partial charge >= 0.3 is 0 Å². The Hall–Kier alpha value is -2.32. The monoisotopic (exact) mass is 322 g/mol. The van der Waals surface area contributed by atoms with Crippen molar-refractivity contribution in [3.63, 3.8) is 0 Å². The van der Waals surface area contributed by atoms with Gasteiger partial charge in [0.25, 0.3) is 0 Å². The standard InChI is InChI=1S/C20H19ClN2/c21-20-16(14-22-18-10-3-1-4-11-18)8-7-9-17(20)15-23-19-12-5-2-6-13-19/h1-6,10-15,22H,7-9H2/b16-14+,23-15-. The van der Waals surface area contributed by atoms with Gasteiger partial charge in [-0.25, -0.2) is 0 Å². The topological polar surface area (TPSA) is 24.4 Å². The lowest BCUT2D eigenvalue weighted by Crippen LogP contribution is -2.02. The van der Waals surface area contributed by atoms with Crippen molar-refractivity contribution < 1.29 is 0 Å². The summed E-state index contributed by atoms with van der Waals surface area (Å²) in [5.41, 5.74) is 4.25. The maximum Gasteiger partial charge on any atom is 0.0629 e. The number of aliphatic imine (C=N–C) groups is 1. The van der Waals surface area contributed by atoms with Gasteiger partial charge in [-0.05, 0) is 54.7 Å². The van der Waals surface area contributed by atoms with E-state index in [1.54, 1.807) is 0 Å². The van der Waals surface area contributed by atoms with Gasteiger partial charge in [0, 0.05) is 23.1 Å². The number of rotatable bonds is 4. The smallest absolute Gasteiger partial charge is 0.0629 e. The summed E-state index contributed by atoms with van der Waals surface area (Å²) in [6.07, 6.45) is 6.95. The number of hydrogen-bond acceptors (Lipinski definition) is 2. The van der Waals surface area contributed by atoms with Gasteiger partial charge in [-0.2, -0.15) is 0 Å². The predicted molar refractivity (Wildman–Crippen MR) is 99.5 cm³/mol. The molecule has 0 aliphatic heterocycles. The average molecular weight is 323 g/mol. The Balaban J connectivity index is 1.76. The molecule has 0 atom stereocenters. The number of allylic oxidation sites excluding steroid dienone is 3. The lowest BCUT2D eigenvalue weighted by molar-refractivity contribution is 0.800. The van der Waals surface area contributed by atoms with E-state index in [1.165, 1.54) is 0 Å². The van der Waals surface area contributed by atoms with E-state index in [-0.39, 0.29) is 0 Å². The van der Waals surface area contributed by atoms with Gasteiger partial charge in [0.2, 0.25) is 0 Å². The van der Waals surface area contributed by atoms with E-state index in [2.05, 4.69) is 10.3 Å². The second-order valence-electron chi connectivity index (χ2n) is 5.47. The van der Waals surface area contributed by atoms with Crippen LogP contribution in [0.2, 0.25) is 0 Å². The van der Waals surface area contributed by atoms with Gasteiger partial charge < -0.3 is 5.32 Å². The SMILES string of the molecule is ClC1=C(/C=N\c2ccccc2)CCC/C1=C\Nc1ccccc1. The van der Waals surface area contributed by atoms with Crippen LogP contribution >= 0.6 is 11.6 Å². The molecule has 3 heteroatoms. The van der Waals surface area contributed by atoms with E-state index in [4.69, 9.17) is 11.6 Å². The highest BCUT2D eigenvalue weighted by atomic mass is 35.5. The first-order valence-corrected chi connectivity index (χ1v) is 8.19. The highest BCUT2D eigenvalue weighted by molar-refractivity contribution is 6.33. The zero-order chi connectivity index (χ0) is 15.9. The molecule has 0 saturated heterocycles. The molecular weight excluding hydrogens is 304 g/mol. The van der Waals surface area contributed by atoms with Crippen LogP contribution in [0.5, 0.6) is 0 Å². The Labute approximate surface area is 142 Å². The van der Waals surface area contributed by atoms with Crippen molar-refractivity contribution in [1.29, 1.82) is 0 Å².